The van der Waals surface area contributed by atoms with Gasteiger partial charge in [0.1, 0.15) is 17.6 Å². The first-order valence-electron chi connectivity index (χ1n) is 18.2. The fraction of sp³-hybridized carbons (Fsp3) is 0.410. The number of hydrogen-bond acceptors (Lipinski definition) is 13. The molecule has 3 amide bonds. The van der Waals surface area contributed by atoms with Crippen molar-refractivity contribution in [3.63, 3.8) is 0 Å². The van der Waals surface area contributed by atoms with Crippen LogP contribution in [0.5, 0.6) is 5.75 Å². The van der Waals surface area contributed by atoms with Gasteiger partial charge in [-0.05, 0) is 69.6 Å². The number of aldehydes is 1. The molecule has 3 atom stereocenters. The molecule has 0 aliphatic heterocycles. The first-order valence-corrected chi connectivity index (χ1v) is 18.2. The van der Waals surface area contributed by atoms with Crippen LogP contribution >= 0.6 is 0 Å². The largest absolute Gasteiger partial charge is 0.481 e. The number of unbranched alkanes of at least 4 members (excludes halogenated alkanes) is 2. The number of carbonyl (C=O) groups excluding carboxylic acids is 5. The second-order valence-corrected chi connectivity index (χ2v) is 12.7. The van der Waals surface area contributed by atoms with E-state index in [1.165, 1.54) is 31.3 Å². The van der Waals surface area contributed by atoms with Gasteiger partial charge in [0.2, 0.25) is 12.3 Å². The van der Waals surface area contributed by atoms with E-state index in [2.05, 4.69) is 20.9 Å². The van der Waals surface area contributed by atoms with E-state index in [1.54, 1.807) is 39.1 Å². The number of aliphatic carboxylic acids is 3. The zero-order valence-electron chi connectivity index (χ0n) is 32.8. The fourth-order valence-corrected chi connectivity index (χ4v) is 5.65. The highest BCUT2D eigenvalue weighted by Crippen LogP contribution is 2.28. The normalized spacial score (nSPS) is 12.0. The average molecular weight is 812 g/mol. The zero-order chi connectivity index (χ0) is 43.4. The lowest BCUT2D eigenvalue weighted by Gasteiger charge is -2.32. The number of benzene rings is 1. The molecule has 3 rings (SSSR count). The van der Waals surface area contributed by atoms with Crippen molar-refractivity contribution in [2.75, 3.05) is 20.3 Å². The summed E-state index contributed by atoms with van der Waals surface area (Å²) in [7, 11) is 1.40. The molecule has 0 spiro atoms. The number of pyridine rings is 1. The van der Waals surface area contributed by atoms with Gasteiger partial charge in [0.05, 0.1) is 41.9 Å². The van der Waals surface area contributed by atoms with Crippen LogP contribution < -0.4 is 20.7 Å². The summed E-state index contributed by atoms with van der Waals surface area (Å²) >= 11 is 0. The number of hydrogen-bond donors (Lipinski definition) is 6. The maximum Gasteiger partial charge on any atom is 0.365 e. The van der Waals surface area contributed by atoms with Crippen molar-refractivity contribution in [2.24, 2.45) is 5.92 Å². The van der Waals surface area contributed by atoms with Crippen molar-refractivity contribution in [3.8, 4) is 17.1 Å². The van der Waals surface area contributed by atoms with Gasteiger partial charge in [0, 0.05) is 11.8 Å². The van der Waals surface area contributed by atoms with E-state index in [0.29, 0.717) is 48.8 Å². The molecule has 3 unspecified atom stereocenters. The van der Waals surface area contributed by atoms with E-state index in [0.717, 1.165) is 17.9 Å². The smallest absolute Gasteiger partial charge is 0.365 e. The third kappa shape index (κ3) is 14.5. The highest BCUT2D eigenvalue weighted by Gasteiger charge is 2.34. The van der Waals surface area contributed by atoms with Crippen LogP contribution in [0.4, 0.5) is 0 Å². The minimum absolute atomic E-state index is 0.0408. The second kappa shape index (κ2) is 24.1. The Hall–Kier alpha value is -6.63. The van der Waals surface area contributed by atoms with E-state index >= 15 is 0 Å². The van der Waals surface area contributed by atoms with E-state index in [-0.39, 0.29) is 35.1 Å². The standard InChI is InChI=1S/C34H40N4O10.C5H9NO4/c1-5-7-8-9-25(26(6-2)38(20-40)48-34(45)31-21(3)14-15-35-22(31)4)32(43)36-19-37-33(44)28-13-12-27(47-28)23-10-11-24(17-39)29(16-23)46-18-30(41)42;1-6-3(5(9)10)2-4(7)8/h10-17,20,25-26H,5-9,18-19H2,1-4H3,(H,36,43)(H,37,44)(H,41,42);3,6H,2H2,1H3,(H,7,8)(H,9,10). The van der Waals surface area contributed by atoms with E-state index in [9.17, 15) is 38.4 Å². The van der Waals surface area contributed by atoms with Crippen LogP contribution in [0.3, 0.4) is 0 Å². The van der Waals surface area contributed by atoms with Crippen LogP contribution in [0.15, 0.2) is 47.0 Å². The molecule has 6 N–H and O–H groups in total. The second-order valence-electron chi connectivity index (χ2n) is 12.7. The Morgan fingerprint density at radius 2 is 1.67 bits per heavy atom. The van der Waals surface area contributed by atoms with E-state index in [4.69, 9.17) is 29.3 Å². The number of nitrogens with zero attached hydrogens (tertiary/aromatic N) is 2. The van der Waals surface area contributed by atoms with Crippen LogP contribution in [0.1, 0.15) is 94.9 Å². The molecule has 58 heavy (non-hydrogen) atoms. The number of rotatable bonds is 23. The lowest BCUT2D eigenvalue weighted by Crippen LogP contribution is -2.49. The molecule has 2 heterocycles. The number of ether oxygens (including phenoxy) is 1. The predicted octanol–water partition coefficient (Wildman–Crippen LogP) is 3.38. The van der Waals surface area contributed by atoms with Gasteiger partial charge in [-0.1, -0.05) is 39.2 Å². The fourth-order valence-electron chi connectivity index (χ4n) is 5.65. The molecular weight excluding hydrogens is 762 g/mol. The molecule has 2 aromatic heterocycles. The van der Waals surface area contributed by atoms with Gasteiger partial charge in [0.25, 0.3) is 5.91 Å². The van der Waals surface area contributed by atoms with Gasteiger partial charge in [-0.15, -0.1) is 0 Å². The average Bonchev–Trinajstić information content (AvgIpc) is 3.69. The molecule has 3 aromatic rings. The Kier molecular flexibility index (Phi) is 19.7. The van der Waals surface area contributed by atoms with Gasteiger partial charge in [-0.3, -0.25) is 33.8 Å². The number of aromatic nitrogens is 1. The first kappa shape index (κ1) is 47.5. The highest BCUT2D eigenvalue weighted by molar-refractivity contribution is 5.93. The molecule has 0 aliphatic rings. The van der Waals surface area contributed by atoms with E-state index in [1.807, 2.05) is 6.92 Å². The summed E-state index contributed by atoms with van der Waals surface area (Å²) in [4.78, 5) is 103. The molecular formula is C39H49N5O14. The SMILES string of the molecule is CCCCCC(C(=O)NCNC(=O)c1ccc(-c2ccc(C=O)c(OCC(=O)O)c2)o1)C(CC)N(C=O)OC(=O)c1c(C)ccnc1C.CNC(CC(=O)O)C(=O)O. The van der Waals surface area contributed by atoms with E-state index < -0.39 is 66.7 Å². The van der Waals surface area contributed by atoms with Crippen LogP contribution in [-0.2, 0) is 28.8 Å². The molecule has 314 valence electrons. The summed E-state index contributed by atoms with van der Waals surface area (Å²) in [5.41, 5.74) is 1.89. The number of likely N-dealkylation sites (N-methyl/N-ethyl adjacent to an activating group) is 1. The van der Waals surface area contributed by atoms with Gasteiger partial charge in [-0.25, -0.2) is 9.59 Å². The third-order valence-corrected chi connectivity index (χ3v) is 8.65. The number of carboxylic acid groups (broad SMARTS) is 3. The maximum atomic E-state index is 13.5. The highest BCUT2D eigenvalue weighted by atomic mass is 16.7. The number of furan rings is 1. The summed E-state index contributed by atoms with van der Waals surface area (Å²) in [6, 6.07) is 7.24. The summed E-state index contributed by atoms with van der Waals surface area (Å²) < 4.78 is 10.8. The molecule has 1 aromatic carbocycles. The first-order chi connectivity index (χ1) is 27.6. The molecule has 19 heteroatoms. The predicted molar refractivity (Wildman–Crippen MR) is 205 cm³/mol. The minimum Gasteiger partial charge on any atom is -0.481 e. The number of carbonyl (C=O) groups is 8. The van der Waals surface area contributed by atoms with Gasteiger partial charge < -0.3 is 45.3 Å². The van der Waals surface area contributed by atoms with Crippen molar-refractivity contribution < 1.29 is 67.7 Å². The number of nitrogens with one attached hydrogen (secondary N) is 3. The Morgan fingerprint density at radius 1 is 0.948 bits per heavy atom. The van der Waals surface area contributed by atoms with Crippen LogP contribution in [-0.4, -0.2) is 106 Å². The number of amides is 3. The molecule has 0 saturated carbocycles. The zero-order valence-corrected chi connectivity index (χ0v) is 32.8. The van der Waals surface area contributed by atoms with Gasteiger partial charge >= 0.3 is 23.9 Å². The molecule has 0 aliphatic carbocycles. The van der Waals surface area contributed by atoms with Crippen LogP contribution in [0.2, 0.25) is 0 Å². The lowest BCUT2D eigenvalue weighted by atomic mass is 9.90. The Bertz CT molecular complexity index is 1890. The monoisotopic (exact) mass is 811 g/mol. The summed E-state index contributed by atoms with van der Waals surface area (Å²) in [5, 5.41) is 33.8. The summed E-state index contributed by atoms with van der Waals surface area (Å²) in [6.45, 7) is 6.28. The van der Waals surface area contributed by atoms with Crippen molar-refractivity contribution >= 4 is 48.4 Å². The van der Waals surface area contributed by atoms with Crippen molar-refractivity contribution in [1.82, 2.24) is 26.0 Å². The number of hydroxylamine groups is 2. The van der Waals surface area contributed by atoms with Gasteiger partial charge in [-0.2, -0.15) is 5.06 Å². The number of aryl methyl sites for hydroxylation is 2. The van der Waals surface area contributed by atoms with Crippen molar-refractivity contribution in [3.05, 3.63) is 70.7 Å². The molecule has 0 radical (unpaired) electrons. The van der Waals surface area contributed by atoms with Crippen LogP contribution in [0.25, 0.3) is 11.3 Å². The maximum absolute atomic E-state index is 13.5. The lowest BCUT2D eigenvalue weighted by molar-refractivity contribution is -0.171. The summed E-state index contributed by atoms with van der Waals surface area (Å²) in [5.74, 6) is -5.85. The Balaban J connectivity index is 0.00000102. The Labute approximate surface area is 334 Å². The Morgan fingerprint density at radius 3 is 2.22 bits per heavy atom. The quantitative estimate of drug-likeness (QED) is 0.0346. The van der Waals surface area contributed by atoms with Gasteiger partial charge in [0.15, 0.2) is 18.7 Å². The number of carboxylic acids is 3. The molecule has 0 saturated heterocycles. The van der Waals surface area contributed by atoms with Crippen LogP contribution in [0, 0.1) is 19.8 Å². The minimum atomic E-state index is -1.21. The molecule has 0 fully saturated rings. The topological polar surface area (TPSA) is 281 Å². The third-order valence-electron chi connectivity index (χ3n) is 8.65. The molecule has 0 bridgehead atoms. The molecule has 19 nitrogen and oxygen atoms in total. The van der Waals surface area contributed by atoms with Crippen molar-refractivity contribution in [1.29, 1.82) is 0 Å². The van der Waals surface area contributed by atoms with Crippen molar-refractivity contribution in [2.45, 2.75) is 78.3 Å². The summed E-state index contributed by atoms with van der Waals surface area (Å²) in [6.07, 6.45) is 5.22.